The zero-order valence-corrected chi connectivity index (χ0v) is 14.7. The number of carboxylic acid groups (broad SMARTS) is 1. The third-order valence-corrected chi connectivity index (χ3v) is 3.55. The Kier molecular flexibility index (Phi) is 7.67. The Morgan fingerprint density at radius 3 is 2.36 bits per heavy atom. The second kappa shape index (κ2) is 10.2. The second-order valence-corrected chi connectivity index (χ2v) is 5.73. The smallest absolute Gasteiger partial charge is 0.346 e. The van der Waals surface area contributed by atoms with E-state index in [1.165, 1.54) is 12.1 Å². The topological polar surface area (TPSA) is 84.9 Å². The predicted octanol–water partition coefficient (Wildman–Crippen LogP) is 2.91. The quantitative estimate of drug-likeness (QED) is 0.603. The molecule has 2 aromatic rings. The average Bonchev–Trinajstić information content (AvgIpc) is 2.65. The van der Waals surface area contributed by atoms with E-state index >= 15 is 0 Å². The number of amides is 1. The third-order valence-electron chi connectivity index (χ3n) is 3.55. The lowest BCUT2D eigenvalue weighted by atomic mass is 10.2. The minimum atomic E-state index is -1.35. The minimum Gasteiger partial charge on any atom is -0.491 e. The van der Waals surface area contributed by atoms with Gasteiger partial charge in [0.15, 0.2) is 11.6 Å². The van der Waals surface area contributed by atoms with Crippen molar-refractivity contribution in [3.63, 3.8) is 0 Å². The summed E-state index contributed by atoms with van der Waals surface area (Å²) in [6.45, 7) is -0.274. The van der Waals surface area contributed by atoms with Crippen LogP contribution in [-0.2, 0) is 9.59 Å². The number of benzene rings is 2. The van der Waals surface area contributed by atoms with Crippen molar-refractivity contribution in [1.29, 1.82) is 0 Å². The van der Waals surface area contributed by atoms with Gasteiger partial charge < -0.3 is 19.9 Å². The third kappa shape index (κ3) is 6.82. The van der Waals surface area contributed by atoms with Crippen molar-refractivity contribution in [1.82, 2.24) is 5.32 Å². The molecule has 0 aliphatic rings. The molecular formula is C19H18F3NO5. The molecule has 0 saturated heterocycles. The number of ether oxygens (including phenoxy) is 2. The van der Waals surface area contributed by atoms with Crippen LogP contribution in [0.4, 0.5) is 13.2 Å². The summed E-state index contributed by atoms with van der Waals surface area (Å²) in [7, 11) is 0. The molecule has 2 aromatic carbocycles. The van der Waals surface area contributed by atoms with Crippen LogP contribution in [0.5, 0.6) is 11.5 Å². The summed E-state index contributed by atoms with van der Waals surface area (Å²) in [4.78, 5) is 23.0. The largest absolute Gasteiger partial charge is 0.491 e. The lowest BCUT2D eigenvalue weighted by Crippen LogP contribution is -2.40. The van der Waals surface area contributed by atoms with Gasteiger partial charge in [0.1, 0.15) is 17.4 Å². The van der Waals surface area contributed by atoms with Gasteiger partial charge in [-0.25, -0.2) is 18.0 Å². The monoisotopic (exact) mass is 397 g/mol. The highest BCUT2D eigenvalue weighted by Gasteiger charge is 2.20. The van der Waals surface area contributed by atoms with Gasteiger partial charge in [0.05, 0.1) is 13.2 Å². The molecule has 0 aliphatic carbocycles. The van der Waals surface area contributed by atoms with Gasteiger partial charge >= 0.3 is 5.97 Å². The van der Waals surface area contributed by atoms with E-state index in [9.17, 15) is 22.8 Å². The van der Waals surface area contributed by atoms with E-state index < -0.39 is 35.4 Å². The highest BCUT2D eigenvalue weighted by atomic mass is 19.1. The summed E-state index contributed by atoms with van der Waals surface area (Å²) >= 11 is 0. The Hall–Kier alpha value is -3.23. The lowest BCUT2D eigenvalue weighted by molar-refractivity contribution is -0.145. The molecule has 9 heteroatoms. The van der Waals surface area contributed by atoms with Crippen LogP contribution in [0.25, 0.3) is 0 Å². The van der Waals surface area contributed by atoms with Crippen LogP contribution in [0.2, 0.25) is 0 Å². The standard InChI is InChI=1S/C19H18F3NO5/c20-12-3-6-14(7-4-12)28-17(19(25)26)11-23-18(24)2-1-9-27-16-8-5-13(21)10-15(16)22/h3-8,10,17H,1-2,9,11H2,(H,23,24)(H,25,26). The number of aliphatic carboxylic acids is 1. The molecule has 0 aliphatic heterocycles. The number of carboxylic acids is 1. The number of carbonyl (C=O) groups is 2. The number of carbonyl (C=O) groups excluding carboxylic acids is 1. The Morgan fingerprint density at radius 2 is 1.71 bits per heavy atom. The summed E-state index contributed by atoms with van der Waals surface area (Å²) in [5, 5.41) is 11.6. The number of nitrogens with one attached hydrogen (secondary N) is 1. The summed E-state index contributed by atoms with van der Waals surface area (Å²) in [5.74, 6) is -3.77. The van der Waals surface area contributed by atoms with Gasteiger partial charge in [-0.2, -0.15) is 0 Å². The van der Waals surface area contributed by atoms with E-state index in [2.05, 4.69) is 5.32 Å². The van der Waals surface area contributed by atoms with Crippen molar-refractivity contribution in [3.8, 4) is 11.5 Å². The summed E-state index contributed by atoms with van der Waals surface area (Å²) in [6.07, 6.45) is -1.11. The van der Waals surface area contributed by atoms with Crippen LogP contribution in [0.15, 0.2) is 42.5 Å². The van der Waals surface area contributed by atoms with Crippen LogP contribution in [0.1, 0.15) is 12.8 Å². The van der Waals surface area contributed by atoms with Crippen LogP contribution in [0.3, 0.4) is 0 Å². The minimum absolute atomic E-state index is 0.00566. The molecule has 0 heterocycles. The van der Waals surface area contributed by atoms with Crippen LogP contribution >= 0.6 is 0 Å². The molecule has 0 radical (unpaired) electrons. The average molecular weight is 397 g/mol. The van der Waals surface area contributed by atoms with Crippen LogP contribution in [-0.4, -0.2) is 36.2 Å². The highest BCUT2D eigenvalue weighted by molar-refractivity contribution is 5.78. The number of halogens is 3. The van der Waals surface area contributed by atoms with Crippen molar-refractivity contribution in [3.05, 3.63) is 59.9 Å². The predicted molar refractivity (Wildman–Crippen MR) is 92.5 cm³/mol. The maximum Gasteiger partial charge on any atom is 0.346 e. The van der Waals surface area contributed by atoms with E-state index in [0.29, 0.717) is 6.07 Å². The number of hydrogen-bond acceptors (Lipinski definition) is 4. The zero-order valence-electron chi connectivity index (χ0n) is 14.7. The first-order valence-corrected chi connectivity index (χ1v) is 8.34. The summed E-state index contributed by atoms with van der Waals surface area (Å²) < 4.78 is 49.4. The van der Waals surface area contributed by atoms with E-state index in [-0.39, 0.29) is 37.5 Å². The van der Waals surface area contributed by atoms with E-state index in [1.54, 1.807) is 0 Å². The van der Waals surface area contributed by atoms with Gasteiger partial charge in [0.2, 0.25) is 12.0 Å². The van der Waals surface area contributed by atoms with Crippen molar-refractivity contribution < 1.29 is 37.3 Å². The molecule has 2 N–H and O–H groups in total. The number of hydrogen-bond donors (Lipinski definition) is 2. The van der Waals surface area contributed by atoms with Gasteiger partial charge in [-0.1, -0.05) is 0 Å². The van der Waals surface area contributed by atoms with Gasteiger partial charge in [0, 0.05) is 12.5 Å². The first kappa shape index (κ1) is 21.1. The first-order chi connectivity index (χ1) is 13.3. The fourth-order valence-electron chi connectivity index (χ4n) is 2.16. The molecule has 2 rings (SSSR count). The first-order valence-electron chi connectivity index (χ1n) is 8.34. The number of rotatable bonds is 10. The molecule has 1 atom stereocenters. The molecule has 1 amide bonds. The van der Waals surface area contributed by atoms with E-state index in [0.717, 1.165) is 24.3 Å². The van der Waals surface area contributed by atoms with E-state index in [1.807, 2.05) is 0 Å². The molecule has 0 aromatic heterocycles. The van der Waals surface area contributed by atoms with Gasteiger partial charge in [-0.05, 0) is 42.8 Å². The molecule has 1 unspecified atom stereocenters. The summed E-state index contributed by atoms with van der Waals surface area (Å²) in [5.41, 5.74) is 0. The van der Waals surface area contributed by atoms with Crippen molar-refractivity contribution in [2.75, 3.05) is 13.2 Å². The summed E-state index contributed by atoms with van der Waals surface area (Å²) in [6, 6.07) is 7.69. The van der Waals surface area contributed by atoms with E-state index in [4.69, 9.17) is 14.6 Å². The van der Waals surface area contributed by atoms with Gasteiger partial charge in [0.25, 0.3) is 0 Å². The molecule has 0 spiro atoms. The molecule has 28 heavy (non-hydrogen) atoms. The molecule has 0 saturated carbocycles. The zero-order chi connectivity index (χ0) is 20.5. The van der Waals surface area contributed by atoms with Gasteiger partial charge in [-0.3, -0.25) is 4.79 Å². The second-order valence-electron chi connectivity index (χ2n) is 5.73. The van der Waals surface area contributed by atoms with Crippen molar-refractivity contribution in [2.45, 2.75) is 18.9 Å². The Morgan fingerprint density at radius 1 is 1.04 bits per heavy atom. The van der Waals surface area contributed by atoms with Crippen LogP contribution < -0.4 is 14.8 Å². The molecule has 150 valence electrons. The Balaban J connectivity index is 1.72. The molecule has 0 fully saturated rings. The maximum atomic E-state index is 13.4. The van der Waals surface area contributed by atoms with Crippen molar-refractivity contribution >= 4 is 11.9 Å². The molecular weight excluding hydrogens is 379 g/mol. The molecule has 0 bridgehead atoms. The van der Waals surface area contributed by atoms with Gasteiger partial charge in [-0.15, -0.1) is 0 Å². The molecule has 6 nitrogen and oxygen atoms in total. The lowest BCUT2D eigenvalue weighted by Gasteiger charge is -2.16. The Bertz CT molecular complexity index is 814. The van der Waals surface area contributed by atoms with Crippen LogP contribution in [0, 0.1) is 17.5 Å². The fraction of sp³-hybridized carbons (Fsp3) is 0.263. The Labute approximate surface area is 158 Å². The highest BCUT2D eigenvalue weighted by Crippen LogP contribution is 2.18. The normalized spacial score (nSPS) is 11.5. The SMILES string of the molecule is O=C(CCCOc1ccc(F)cc1F)NCC(Oc1ccc(F)cc1)C(=O)O. The fourth-order valence-corrected chi connectivity index (χ4v) is 2.16. The van der Waals surface area contributed by atoms with Crippen molar-refractivity contribution in [2.24, 2.45) is 0 Å². The maximum absolute atomic E-state index is 13.4.